The van der Waals surface area contributed by atoms with Crippen LogP contribution < -0.4 is 0 Å². The molecule has 1 atom stereocenters. The van der Waals surface area contributed by atoms with Crippen molar-refractivity contribution in [2.24, 2.45) is 0 Å². The summed E-state index contributed by atoms with van der Waals surface area (Å²) in [6.07, 6.45) is 1.40. The molecule has 1 aliphatic rings. The van der Waals surface area contributed by atoms with E-state index in [1.807, 2.05) is 51.1 Å². The maximum atomic E-state index is 12.6. The number of morpholine rings is 1. The van der Waals surface area contributed by atoms with E-state index in [0.29, 0.717) is 19.6 Å². The first kappa shape index (κ1) is 16.5. The molecule has 0 saturated carbocycles. The van der Waals surface area contributed by atoms with Gasteiger partial charge in [0.1, 0.15) is 0 Å². The number of ether oxygens (including phenoxy) is 1. The second kappa shape index (κ2) is 6.46. The van der Waals surface area contributed by atoms with Crippen LogP contribution in [0.15, 0.2) is 30.3 Å². The Morgan fingerprint density at radius 2 is 1.95 bits per heavy atom. The first-order chi connectivity index (χ1) is 9.81. The molecule has 5 heteroatoms. The van der Waals surface area contributed by atoms with E-state index >= 15 is 0 Å². The van der Waals surface area contributed by atoms with Crippen molar-refractivity contribution in [2.75, 3.05) is 18.9 Å². The van der Waals surface area contributed by atoms with E-state index in [2.05, 4.69) is 0 Å². The third-order valence-electron chi connectivity index (χ3n) is 3.87. The summed E-state index contributed by atoms with van der Waals surface area (Å²) in [6, 6.07) is 10.0. The lowest BCUT2D eigenvalue weighted by molar-refractivity contribution is -0.0550. The van der Waals surface area contributed by atoms with Gasteiger partial charge in [-0.1, -0.05) is 30.3 Å². The summed E-state index contributed by atoms with van der Waals surface area (Å²) in [7, 11) is -3.24. The van der Waals surface area contributed by atoms with Gasteiger partial charge in [-0.05, 0) is 39.2 Å². The Balaban J connectivity index is 1.97. The maximum Gasteiger partial charge on any atom is 0.214 e. The van der Waals surface area contributed by atoms with Gasteiger partial charge < -0.3 is 4.74 Å². The summed E-state index contributed by atoms with van der Waals surface area (Å²) in [5.41, 5.74) is 0.722. The molecule has 0 N–H and O–H groups in total. The zero-order valence-corrected chi connectivity index (χ0v) is 13.9. The Morgan fingerprint density at radius 1 is 1.29 bits per heavy atom. The maximum absolute atomic E-state index is 12.6. The van der Waals surface area contributed by atoms with Gasteiger partial charge in [0.05, 0.1) is 24.0 Å². The van der Waals surface area contributed by atoms with Gasteiger partial charge in [-0.25, -0.2) is 8.42 Å². The average molecular weight is 311 g/mol. The van der Waals surface area contributed by atoms with Gasteiger partial charge in [0, 0.05) is 6.54 Å². The summed E-state index contributed by atoms with van der Waals surface area (Å²) in [5, 5.41) is 0. The summed E-state index contributed by atoms with van der Waals surface area (Å²) >= 11 is 0. The Morgan fingerprint density at radius 3 is 2.62 bits per heavy atom. The van der Waals surface area contributed by atoms with Crippen LogP contribution in [-0.2, 0) is 21.2 Å². The lowest BCUT2D eigenvalue weighted by Crippen LogP contribution is -2.58. The van der Waals surface area contributed by atoms with Crippen molar-refractivity contribution in [3.8, 4) is 0 Å². The minimum atomic E-state index is -3.24. The van der Waals surface area contributed by atoms with E-state index in [4.69, 9.17) is 4.74 Å². The van der Waals surface area contributed by atoms with Crippen LogP contribution in [0.2, 0.25) is 0 Å². The van der Waals surface area contributed by atoms with E-state index in [0.717, 1.165) is 6.42 Å². The van der Waals surface area contributed by atoms with Crippen molar-refractivity contribution in [3.63, 3.8) is 0 Å². The molecule has 1 aliphatic heterocycles. The zero-order valence-electron chi connectivity index (χ0n) is 13.1. The first-order valence-corrected chi connectivity index (χ1v) is 9.08. The summed E-state index contributed by atoms with van der Waals surface area (Å²) in [6.45, 7) is 6.66. The highest BCUT2D eigenvalue weighted by Crippen LogP contribution is 2.26. The summed E-state index contributed by atoms with van der Waals surface area (Å²) in [4.78, 5) is 0. The van der Waals surface area contributed by atoms with Crippen molar-refractivity contribution in [1.29, 1.82) is 0 Å². The topological polar surface area (TPSA) is 46.6 Å². The van der Waals surface area contributed by atoms with Gasteiger partial charge in [0.2, 0.25) is 10.0 Å². The van der Waals surface area contributed by atoms with Crippen LogP contribution in [0.4, 0.5) is 0 Å². The van der Waals surface area contributed by atoms with E-state index < -0.39 is 15.6 Å². The molecule has 1 fully saturated rings. The number of hydrogen-bond donors (Lipinski definition) is 0. The molecule has 21 heavy (non-hydrogen) atoms. The van der Waals surface area contributed by atoms with Crippen LogP contribution in [0.3, 0.4) is 0 Å². The third kappa shape index (κ3) is 4.28. The van der Waals surface area contributed by atoms with Crippen LogP contribution in [0, 0.1) is 0 Å². The molecule has 2 rings (SSSR count). The molecule has 1 saturated heterocycles. The number of rotatable bonds is 5. The number of nitrogens with zero attached hydrogens (tertiary/aromatic N) is 1. The fraction of sp³-hybridized carbons (Fsp3) is 0.625. The molecule has 0 spiro atoms. The predicted octanol–water partition coefficient (Wildman–Crippen LogP) is 2.45. The number of benzene rings is 1. The van der Waals surface area contributed by atoms with Crippen molar-refractivity contribution in [1.82, 2.24) is 4.31 Å². The Bertz CT molecular complexity index is 554. The number of sulfonamides is 1. The van der Waals surface area contributed by atoms with Crippen molar-refractivity contribution in [3.05, 3.63) is 35.9 Å². The third-order valence-corrected chi connectivity index (χ3v) is 5.98. The quantitative estimate of drug-likeness (QED) is 0.839. The molecule has 1 aromatic carbocycles. The molecule has 4 nitrogen and oxygen atoms in total. The van der Waals surface area contributed by atoms with Crippen molar-refractivity contribution >= 4 is 10.0 Å². The van der Waals surface area contributed by atoms with Crippen LogP contribution in [0.5, 0.6) is 0 Å². The number of aryl methyl sites for hydroxylation is 1. The molecular weight excluding hydrogens is 286 g/mol. The lowest BCUT2D eigenvalue weighted by atomic mass is 10.1. The average Bonchev–Trinajstić information content (AvgIpc) is 2.42. The monoisotopic (exact) mass is 311 g/mol. The fourth-order valence-electron chi connectivity index (χ4n) is 2.66. The molecule has 118 valence electrons. The van der Waals surface area contributed by atoms with Gasteiger partial charge in [0.25, 0.3) is 0 Å². The Labute approximate surface area is 128 Å². The van der Waals surface area contributed by atoms with Gasteiger partial charge in [-0.15, -0.1) is 0 Å². The molecular formula is C16H25NO3S. The highest BCUT2D eigenvalue weighted by atomic mass is 32.2. The van der Waals surface area contributed by atoms with Gasteiger partial charge in [-0.2, -0.15) is 4.31 Å². The Kier molecular flexibility index (Phi) is 5.07. The highest BCUT2D eigenvalue weighted by molar-refractivity contribution is 7.89. The van der Waals surface area contributed by atoms with Gasteiger partial charge in [-0.3, -0.25) is 0 Å². The van der Waals surface area contributed by atoms with Crippen molar-refractivity contribution in [2.45, 2.75) is 45.3 Å². The Hall–Kier alpha value is -0.910. The smallest absolute Gasteiger partial charge is 0.214 e. The first-order valence-electron chi connectivity index (χ1n) is 7.47. The molecule has 1 heterocycles. The highest BCUT2D eigenvalue weighted by Gasteiger charge is 2.40. The molecule has 0 aromatic heterocycles. The van der Waals surface area contributed by atoms with Crippen molar-refractivity contribution < 1.29 is 13.2 Å². The molecule has 0 aliphatic carbocycles. The van der Waals surface area contributed by atoms with Crippen LogP contribution in [-0.4, -0.2) is 43.3 Å². The molecule has 1 aromatic rings. The minimum absolute atomic E-state index is 0.0399. The normalized spacial score (nSPS) is 23.1. The molecule has 1 unspecified atom stereocenters. The number of hydrogen-bond acceptors (Lipinski definition) is 3. The van der Waals surface area contributed by atoms with E-state index in [1.54, 1.807) is 4.31 Å². The summed E-state index contributed by atoms with van der Waals surface area (Å²) in [5.74, 6) is 0.193. The molecule has 0 amide bonds. The second-order valence-corrected chi connectivity index (χ2v) is 8.38. The van der Waals surface area contributed by atoms with Crippen LogP contribution >= 0.6 is 0 Å². The van der Waals surface area contributed by atoms with E-state index in [1.165, 1.54) is 5.56 Å². The van der Waals surface area contributed by atoms with Gasteiger partial charge >= 0.3 is 0 Å². The largest absolute Gasteiger partial charge is 0.375 e. The lowest BCUT2D eigenvalue weighted by Gasteiger charge is -2.43. The fourth-order valence-corrected chi connectivity index (χ4v) is 4.63. The van der Waals surface area contributed by atoms with E-state index in [-0.39, 0.29) is 11.9 Å². The standard InChI is InChI=1S/C16H25NO3S/c1-14-12-17(16(2,3)13-20-14)21(18,19)11-7-10-15-8-5-4-6-9-15/h4-6,8-9,14H,7,10-13H2,1-3H3. The van der Waals surface area contributed by atoms with Crippen LogP contribution in [0.1, 0.15) is 32.8 Å². The van der Waals surface area contributed by atoms with Gasteiger partial charge in [0.15, 0.2) is 0 Å². The second-order valence-electron chi connectivity index (χ2n) is 6.37. The molecule has 0 radical (unpaired) electrons. The molecule has 0 bridgehead atoms. The predicted molar refractivity (Wildman–Crippen MR) is 84.7 cm³/mol. The summed E-state index contributed by atoms with van der Waals surface area (Å²) < 4.78 is 32.4. The minimum Gasteiger partial charge on any atom is -0.375 e. The van der Waals surface area contributed by atoms with E-state index in [9.17, 15) is 8.42 Å². The van der Waals surface area contributed by atoms with Crippen LogP contribution in [0.25, 0.3) is 0 Å². The zero-order chi connectivity index (χ0) is 15.5. The SMILES string of the molecule is CC1CN(S(=O)(=O)CCCc2ccccc2)C(C)(C)CO1.